The molecule has 0 aliphatic carbocycles. The standard InChI is InChI=1S/C22H22ClN3O4S/c1-14-8-9-16(13-31(28,29)26-22(27)17-6-4-3-5-7-17)10-19(14)15(2)30-20-11-18(23)12-25-21(20)24/h3-12,15H,13H2,1-2H3,(H2,24,25)(H,26,27)/t15-/m1/s1. The van der Waals surface area contributed by atoms with Crippen molar-refractivity contribution in [1.29, 1.82) is 0 Å². The van der Waals surface area contributed by atoms with Crippen molar-refractivity contribution in [2.45, 2.75) is 25.7 Å². The Bertz CT molecular complexity index is 1200. The molecule has 1 aromatic heterocycles. The molecule has 1 amide bonds. The number of sulfonamides is 1. The van der Waals surface area contributed by atoms with Crippen LogP contribution in [0.4, 0.5) is 5.82 Å². The Morgan fingerprint density at radius 3 is 2.61 bits per heavy atom. The summed E-state index contributed by atoms with van der Waals surface area (Å²) in [6.45, 7) is 3.71. The maximum Gasteiger partial charge on any atom is 0.264 e. The second kappa shape index (κ2) is 9.36. The summed E-state index contributed by atoms with van der Waals surface area (Å²) in [5, 5.41) is 0.391. The number of hydrogen-bond donors (Lipinski definition) is 2. The fourth-order valence-electron chi connectivity index (χ4n) is 3.04. The smallest absolute Gasteiger partial charge is 0.264 e. The summed E-state index contributed by atoms with van der Waals surface area (Å²) < 4.78 is 33.1. The van der Waals surface area contributed by atoms with Gasteiger partial charge in [0.2, 0.25) is 10.0 Å². The molecule has 3 rings (SSSR count). The van der Waals surface area contributed by atoms with Gasteiger partial charge in [-0.05, 0) is 42.7 Å². The van der Waals surface area contributed by atoms with Gasteiger partial charge in [-0.1, -0.05) is 48.0 Å². The van der Waals surface area contributed by atoms with Crippen molar-refractivity contribution in [3.8, 4) is 5.75 Å². The normalized spacial score (nSPS) is 12.2. The van der Waals surface area contributed by atoms with E-state index in [-0.39, 0.29) is 17.1 Å². The lowest BCUT2D eigenvalue weighted by molar-refractivity contribution is 0.0981. The van der Waals surface area contributed by atoms with Gasteiger partial charge in [-0.3, -0.25) is 4.79 Å². The van der Waals surface area contributed by atoms with Crippen LogP contribution < -0.4 is 15.2 Å². The van der Waals surface area contributed by atoms with Crippen molar-refractivity contribution in [2.24, 2.45) is 0 Å². The van der Waals surface area contributed by atoms with Crippen LogP contribution in [0.1, 0.15) is 40.1 Å². The van der Waals surface area contributed by atoms with E-state index < -0.39 is 22.0 Å². The Balaban J connectivity index is 1.77. The molecule has 1 atom stereocenters. The number of pyridine rings is 1. The molecule has 0 radical (unpaired) electrons. The van der Waals surface area contributed by atoms with Crippen LogP contribution in [0.15, 0.2) is 60.8 Å². The molecule has 0 aliphatic rings. The van der Waals surface area contributed by atoms with E-state index in [4.69, 9.17) is 22.1 Å². The molecule has 3 aromatic rings. The Morgan fingerprint density at radius 1 is 1.19 bits per heavy atom. The first-order chi connectivity index (χ1) is 14.6. The average Bonchev–Trinajstić information content (AvgIpc) is 2.72. The Morgan fingerprint density at radius 2 is 1.90 bits per heavy atom. The second-order valence-corrected chi connectivity index (χ2v) is 9.20. The summed E-state index contributed by atoms with van der Waals surface area (Å²) >= 11 is 5.96. The van der Waals surface area contributed by atoms with Gasteiger partial charge in [0.25, 0.3) is 5.91 Å². The SMILES string of the molecule is Cc1ccc(CS(=O)(=O)NC(=O)c2ccccc2)cc1[C@@H](C)Oc1cc(Cl)cnc1N. The number of nitrogens with one attached hydrogen (secondary N) is 1. The summed E-state index contributed by atoms with van der Waals surface area (Å²) in [7, 11) is -3.90. The topological polar surface area (TPSA) is 111 Å². The van der Waals surface area contributed by atoms with Gasteiger partial charge in [0.05, 0.1) is 10.8 Å². The molecule has 0 aliphatic heterocycles. The predicted molar refractivity (Wildman–Crippen MR) is 120 cm³/mol. The molecule has 0 unspecified atom stereocenters. The number of nitrogens with two attached hydrogens (primary N) is 1. The van der Waals surface area contributed by atoms with Crippen molar-refractivity contribution in [1.82, 2.24) is 9.71 Å². The predicted octanol–water partition coefficient (Wildman–Crippen LogP) is 4.03. The van der Waals surface area contributed by atoms with E-state index in [9.17, 15) is 13.2 Å². The van der Waals surface area contributed by atoms with Crippen LogP contribution in [0, 0.1) is 6.92 Å². The van der Waals surface area contributed by atoms with Crippen molar-refractivity contribution < 1.29 is 17.9 Å². The number of hydrogen-bond acceptors (Lipinski definition) is 6. The van der Waals surface area contributed by atoms with Crippen LogP contribution in [0.3, 0.4) is 0 Å². The number of nitrogen functional groups attached to an aromatic ring is 1. The Kier molecular flexibility index (Phi) is 6.82. The number of carbonyl (C=O) groups excluding carboxylic acids is 1. The van der Waals surface area contributed by atoms with Crippen LogP contribution in [0.25, 0.3) is 0 Å². The number of amides is 1. The van der Waals surface area contributed by atoms with E-state index in [0.29, 0.717) is 16.3 Å². The first-order valence-electron chi connectivity index (χ1n) is 9.41. The fraction of sp³-hybridized carbons (Fsp3) is 0.182. The number of ether oxygens (including phenoxy) is 1. The lowest BCUT2D eigenvalue weighted by Crippen LogP contribution is -2.31. The zero-order valence-corrected chi connectivity index (χ0v) is 18.6. The molecule has 7 nitrogen and oxygen atoms in total. The summed E-state index contributed by atoms with van der Waals surface area (Å²) in [6, 6.07) is 15.0. The molecule has 0 spiro atoms. The van der Waals surface area contributed by atoms with E-state index in [0.717, 1.165) is 11.1 Å². The quantitative estimate of drug-likeness (QED) is 0.551. The first kappa shape index (κ1) is 22.6. The van der Waals surface area contributed by atoms with Gasteiger partial charge in [-0.2, -0.15) is 0 Å². The summed E-state index contributed by atoms with van der Waals surface area (Å²) in [6.07, 6.45) is 0.985. The maximum absolute atomic E-state index is 12.5. The molecule has 9 heteroatoms. The monoisotopic (exact) mass is 459 g/mol. The number of aryl methyl sites for hydroxylation is 1. The molecule has 2 aromatic carbocycles. The van der Waals surface area contributed by atoms with E-state index in [2.05, 4.69) is 9.71 Å². The van der Waals surface area contributed by atoms with Gasteiger partial charge >= 0.3 is 0 Å². The number of nitrogens with zero attached hydrogens (tertiary/aromatic N) is 1. The van der Waals surface area contributed by atoms with E-state index in [1.165, 1.54) is 6.20 Å². The molecule has 31 heavy (non-hydrogen) atoms. The minimum Gasteiger partial charge on any atom is -0.482 e. The molecular weight excluding hydrogens is 438 g/mol. The summed E-state index contributed by atoms with van der Waals surface area (Å²) in [4.78, 5) is 16.2. The highest BCUT2D eigenvalue weighted by Crippen LogP contribution is 2.30. The first-order valence-corrected chi connectivity index (χ1v) is 11.4. The number of benzene rings is 2. The van der Waals surface area contributed by atoms with Crippen molar-refractivity contribution in [2.75, 3.05) is 5.73 Å². The number of halogens is 1. The molecular formula is C22H22ClN3O4S. The van der Waals surface area contributed by atoms with Gasteiger partial charge < -0.3 is 10.5 Å². The third kappa shape index (κ3) is 5.96. The number of aromatic nitrogens is 1. The minimum absolute atomic E-state index is 0.205. The van der Waals surface area contributed by atoms with Crippen LogP contribution in [-0.2, 0) is 15.8 Å². The van der Waals surface area contributed by atoms with Crippen LogP contribution in [0.2, 0.25) is 5.02 Å². The largest absolute Gasteiger partial charge is 0.482 e. The van der Waals surface area contributed by atoms with Crippen molar-refractivity contribution in [3.63, 3.8) is 0 Å². The van der Waals surface area contributed by atoms with Gasteiger partial charge in [-0.25, -0.2) is 18.1 Å². The van der Waals surface area contributed by atoms with Crippen molar-refractivity contribution >= 4 is 33.3 Å². The zero-order valence-electron chi connectivity index (χ0n) is 17.0. The third-order valence-electron chi connectivity index (χ3n) is 4.57. The highest BCUT2D eigenvalue weighted by molar-refractivity contribution is 7.89. The third-order valence-corrected chi connectivity index (χ3v) is 5.99. The molecule has 3 N–H and O–H groups in total. The number of rotatable bonds is 7. The minimum atomic E-state index is -3.90. The van der Waals surface area contributed by atoms with Gasteiger partial charge in [0.15, 0.2) is 11.6 Å². The highest BCUT2D eigenvalue weighted by atomic mass is 35.5. The molecule has 0 saturated carbocycles. The highest BCUT2D eigenvalue weighted by Gasteiger charge is 2.19. The fourth-order valence-corrected chi connectivity index (χ4v) is 4.28. The van der Waals surface area contributed by atoms with E-state index in [1.54, 1.807) is 54.6 Å². The van der Waals surface area contributed by atoms with Crippen molar-refractivity contribution in [3.05, 3.63) is 88.1 Å². The lowest BCUT2D eigenvalue weighted by Gasteiger charge is -2.19. The van der Waals surface area contributed by atoms with Gasteiger partial charge in [0.1, 0.15) is 6.10 Å². The number of carbonyl (C=O) groups is 1. The average molecular weight is 460 g/mol. The molecule has 0 bridgehead atoms. The summed E-state index contributed by atoms with van der Waals surface area (Å²) in [5.74, 6) is -0.482. The molecule has 0 saturated heterocycles. The Labute approximate surface area is 186 Å². The summed E-state index contributed by atoms with van der Waals surface area (Å²) in [5.41, 5.74) is 8.32. The van der Waals surface area contributed by atoms with Crippen LogP contribution in [-0.4, -0.2) is 19.3 Å². The molecule has 162 valence electrons. The van der Waals surface area contributed by atoms with Gasteiger partial charge in [-0.15, -0.1) is 0 Å². The van der Waals surface area contributed by atoms with Crippen LogP contribution in [0.5, 0.6) is 5.75 Å². The Hall–Kier alpha value is -3.10. The lowest BCUT2D eigenvalue weighted by atomic mass is 10.0. The maximum atomic E-state index is 12.5. The molecule has 1 heterocycles. The molecule has 0 fully saturated rings. The second-order valence-electron chi connectivity index (χ2n) is 7.04. The zero-order chi connectivity index (χ0) is 22.6. The van der Waals surface area contributed by atoms with E-state index in [1.807, 2.05) is 13.8 Å². The van der Waals surface area contributed by atoms with E-state index >= 15 is 0 Å². The van der Waals surface area contributed by atoms with Gasteiger partial charge in [0, 0.05) is 17.8 Å². The number of anilines is 1. The van der Waals surface area contributed by atoms with Crippen LogP contribution >= 0.6 is 11.6 Å².